The molecule has 0 rings (SSSR count). The summed E-state index contributed by atoms with van der Waals surface area (Å²) in [6.45, 7) is 0. The molecule has 0 unspecified atom stereocenters. The van der Waals surface area contributed by atoms with Crippen molar-refractivity contribution in [1.82, 2.24) is 0 Å². The van der Waals surface area contributed by atoms with Gasteiger partial charge in [-0.1, -0.05) is 0 Å². The number of hydrogen-bond donors (Lipinski definition) is 4. The minimum atomic E-state index is -2.04. The summed E-state index contributed by atoms with van der Waals surface area (Å²) in [4.78, 5) is 0. The van der Waals surface area contributed by atoms with E-state index in [2.05, 4.69) is 0 Å². The molecule has 0 aromatic rings. The Morgan fingerprint density at radius 1 is 0.625 bits per heavy atom. The molecule has 0 heterocycles. The topological polar surface area (TPSA) is 80.9 Å². The first kappa shape index (κ1) is 16.5. The summed E-state index contributed by atoms with van der Waals surface area (Å²) < 4.78 is 0. The normalized spacial score (nSPS) is 6.00. The van der Waals surface area contributed by atoms with E-state index in [-0.39, 0.29) is 59.1 Å². The van der Waals surface area contributed by atoms with Crippen molar-refractivity contribution >= 4 is 73.1 Å². The first-order valence-electron chi connectivity index (χ1n) is 1.37. The molecular formula is H4B2Na2O4. The van der Waals surface area contributed by atoms with Crippen LogP contribution in [0, 0.1) is 0 Å². The van der Waals surface area contributed by atoms with Crippen LogP contribution >= 0.6 is 0 Å². The quantitative estimate of drug-likeness (QED) is 0.279. The Balaban J connectivity index is -0.000000125. The van der Waals surface area contributed by atoms with Crippen molar-refractivity contribution < 1.29 is 20.1 Å². The maximum atomic E-state index is 7.69. The standard InChI is InChI=1S/B2H4O4.2Na/c3-1(4)2(5)6;;/h3-6H;;. The van der Waals surface area contributed by atoms with Crippen LogP contribution in [-0.2, 0) is 0 Å². The van der Waals surface area contributed by atoms with Crippen LogP contribution in [0.25, 0.3) is 0 Å². The van der Waals surface area contributed by atoms with Gasteiger partial charge in [0.2, 0.25) is 0 Å². The molecule has 0 aliphatic carbocycles. The van der Waals surface area contributed by atoms with Gasteiger partial charge in [0.05, 0.1) is 0 Å². The fourth-order valence-electron chi connectivity index (χ4n) is 0. The molecule has 0 aromatic carbocycles. The summed E-state index contributed by atoms with van der Waals surface area (Å²) in [6, 6.07) is 0. The van der Waals surface area contributed by atoms with Gasteiger partial charge in [-0.2, -0.15) is 0 Å². The van der Waals surface area contributed by atoms with Crippen LogP contribution in [0.2, 0.25) is 0 Å². The Bertz CT molecular complexity index is 33.0. The molecule has 0 bridgehead atoms. The molecule has 0 aliphatic heterocycles. The van der Waals surface area contributed by atoms with Crippen LogP contribution in [0.4, 0.5) is 0 Å². The van der Waals surface area contributed by atoms with Crippen molar-refractivity contribution in [3.8, 4) is 0 Å². The van der Waals surface area contributed by atoms with Gasteiger partial charge in [0.15, 0.2) is 0 Å². The Labute approximate surface area is 92.1 Å². The van der Waals surface area contributed by atoms with Crippen molar-refractivity contribution in [2.24, 2.45) is 0 Å². The van der Waals surface area contributed by atoms with Crippen molar-refractivity contribution in [2.75, 3.05) is 0 Å². The van der Waals surface area contributed by atoms with E-state index in [9.17, 15) is 0 Å². The molecule has 0 aliphatic rings. The molecule has 4 nitrogen and oxygen atoms in total. The Morgan fingerprint density at radius 3 is 0.750 bits per heavy atom. The first-order chi connectivity index (χ1) is 2.64. The average Bonchev–Trinajstić information content (AvgIpc) is 1.36. The number of hydrogen-bond acceptors (Lipinski definition) is 4. The molecular weight excluding hydrogens is 132 g/mol. The molecule has 8 heavy (non-hydrogen) atoms. The van der Waals surface area contributed by atoms with Crippen LogP contribution in [0.1, 0.15) is 0 Å². The molecule has 36 valence electrons. The van der Waals surface area contributed by atoms with Gasteiger partial charge in [-0.05, 0) is 0 Å². The summed E-state index contributed by atoms with van der Waals surface area (Å²) in [5, 5.41) is 30.7. The summed E-state index contributed by atoms with van der Waals surface area (Å²) >= 11 is 0. The van der Waals surface area contributed by atoms with Gasteiger partial charge < -0.3 is 20.1 Å². The second kappa shape index (κ2) is 8.97. The number of rotatable bonds is 1. The second-order valence-electron chi connectivity index (χ2n) is 0.827. The zero-order chi connectivity index (χ0) is 5.15. The van der Waals surface area contributed by atoms with E-state index < -0.39 is 14.0 Å². The van der Waals surface area contributed by atoms with E-state index in [4.69, 9.17) is 20.1 Å². The van der Waals surface area contributed by atoms with E-state index in [1.54, 1.807) is 0 Å². The fraction of sp³-hybridized carbons (Fsp3) is 0. The van der Waals surface area contributed by atoms with Gasteiger partial charge in [0, 0.05) is 59.1 Å². The zero-order valence-electron chi connectivity index (χ0n) is 4.94. The third-order valence-electron chi connectivity index (χ3n) is 0.267. The SMILES string of the molecule is OB(O)B(O)O.[Na].[Na]. The molecule has 0 atom stereocenters. The maximum Gasteiger partial charge on any atom is 0.482 e. The van der Waals surface area contributed by atoms with Crippen LogP contribution in [0.15, 0.2) is 0 Å². The van der Waals surface area contributed by atoms with Crippen LogP contribution in [-0.4, -0.2) is 93.2 Å². The summed E-state index contributed by atoms with van der Waals surface area (Å²) in [5.41, 5.74) is 0. The Morgan fingerprint density at radius 2 is 0.750 bits per heavy atom. The average molecular weight is 136 g/mol. The van der Waals surface area contributed by atoms with Crippen molar-refractivity contribution in [1.29, 1.82) is 0 Å². The summed E-state index contributed by atoms with van der Waals surface area (Å²) in [6.07, 6.45) is 0. The molecule has 2 radical (unpaired) electrons. The molecule has 0 saturated carbocycles. The first-order valence-corrected chi connectivity index (χ1v) is 1.37. The molecule has 0 fully saturated rings. The predicted molar refractivity (Wildman–Crippen MR) is 31.9 cm³/mol. The van der Waals surface area contributed by atoms with Gasteiger partial charge in [0.1, 0.15) is 0 Å². The van der Waals surface area contributed by atoms with Gasteiger partial charge in [-0.3, -0.25) is 0 Å². The molecule has 0 spiro atoms. The zero-order valence-corrected chi connectivity index (χ0v) is 8.94. The van der Waals surface area contributed by atoms with Crippen molar-refractivity contribution in [2.45, 2.75) is 0 Å². The predicted octanol–water partition coefficient (Wildman–Crippen LogP) is -3.75. The minimum Gasteiger partial charge on any atom is -0.429 e. The van der Waals surface area contributed by atoms with E-state index in [0.29, 0.717) is 0 Å². The van der Waals surface area contributed by atoms with E-state index in [1.807, 2.05) is 0 Å². The van der Waals surface area contributed by atoms with Crippen LogP contribution in [0.3, 0.4) is 0 Å². The summed E-state index contributed by atoms with van der Waals surface area (Å²) in [7, 11) is -4.07. The largest absolute Gasteiger partial charge is 0.482 e. The maximum absolute atomic E-state index is 7.69. The minimum absolute atomic E-state index is 0. The summed E-state index contributed by atoms with van der Waals surface area (Å²) in [5.74, 6) is 0. The molecule has 0 aromatic heterocycles. The molecule has 0 saturated heterocycles. The third kappa shape index (κ3) is 10.9. The molecule has 8 heteroatoms. The monoisotopic (exact) mass is 136 g/mol. The molecule has 0 amide bonds. The molecule has 4 N–H and O–H groups in total. The van der Waals surface area contributed by atoms with Gasteiger partial charge in [-0.15, -0.1) is 0 Å². The Kier molecular flexibility index (Phi) is 18.5. The Hall–Kier alpha value is 1.97. The van der Waals surface area contributed by atoms with Gasteiger partial charge in [0.25, 0.3) is 0 Å². The van der Waals surface area contributed by atoms with E-state index in [0.717, 1.165) is 0 Å². The van der Waals surface area contributed by atoms with Crippen LogP contribution in [0.5, 0.6) is 0 Å². The van der Waals surface area contributed by atoms with E-state index in [1.165, 1.54) is 0 Å². The van der Waals surface area contributed by atoms with Gasteiger partial charge in [-0.25, -0.2) is 0 Å². The third-order valence-corrected chi connectivity index (χ3v) is 0.267. The van der Waals surface area contributed by atoms with Gasteiger partial charge >= 0.3 is 14.0 Å². The smallest absolute Gasteiger partial charge is 0.429 e. The van der Waals surface area contributed by atoms with Crippen molar-refractivity contribution in [3.63, 3.8) is 0 Å². The second-order valence-corrected chi connectivity index (χ2v) is 0.827. The van der Waals surface area contributed by atoms with Crippen molar-refractivity contribution in [3.05, 3.63) is 0 Å². The fourth-order valence-corrected chi connectivity index (χ4v) is 0. The van der Waals surface area contributed by atoms with Crippen LogP contribution < -0.4 is 0 Å². The van der Waals surface area contributed by atoms with E-state index >= 15 is 0 Å².